The summed E-state index contributed by atoms with van der Waals surface area (Å²) >= 11 is 0. The SMILES string of the molecule is CN1CCOC(CNC(=O)c2cn[nH]c2N)C1. The Morgan fingerprint density at radius 3 is 3.29 bits per heavy atom. The normalized spacial score (nSPS) is 21.4. The lowest BCUT2D eigenvalue weighted by Crippen LogP contribution is -2.45. The van der Waals surface area contributed by atoms with Gasteiger partial charge in [0.2, 0.25) is 0 Å². The molecule has 7 heteroatoms. The molecule has 0 radical (unpaired) electrons. The van der Waals surface area contributed by atoms with Crippen LogP contribution in [0.3, 0.4) is 0 Å². The van der Waals surface area contributed by atoms with Crippen LogP contribution in [0, 0.1) is 0 Å². The Kier molecular flexibility index (Phi) is 3.60. The molecule has 2 rings (SSSR count). The number of carbonyl (C=O) groups excluding carboxylic acids is 1. The highest BCUT2D eigenvalue weighted by molar-refractivity contribution is 5.98. The molecule has 0 bridgehead atoms. The van der Waals surface area contributed by atoms with E-state index >= 15 is 0 Å². The molecule has 0 spiro atoms. The van der Waals surface area contributed by atoms with Gasteiger partial charge in [0.1, 0.15) is 11.4 Å². The predicted octanol–water partition coefficient (Wildman–Crippen LogP) is -0.948. The average Bonchev–Trinajstić information content (AvgIpc) is 2.72. The maximum Gasteiger partial charge on any atom is 0.256 e. The molecular formula is C10H17N5O2. The number of nitrogen functional groups attached to an aromatic ring is 1. The number of nitrogens with zero attached hydrogens (tertiary/aromatic N) is 2. The lowest BCUT2D eigenvalue weighted by Gasteiger charge is -2.30. The van der Waals surface area contributed by atoms with Crippen molar-refractivity contribution in [2.75, 3.05) is 39.0 Å². The maximum atomic E-state index is 11.7. The van der Waals surface area contributed by atoms with Crippen LogP contribution < -0.4 is 11.1 Å². The summed E-state index contributed by atoms with van der Waals surface area (Å²) in [5.74, 6) is 0.0530. The number of likely N-dealkylation sites (N-methyl/N-ethyl adjacent to an activating group) is 1. The summed E-state index contributed by atoms with van der Waals surface area (Å²) in [5.41, 5.74) is 5.92. The molecule has 94 valence electrons. The van der Waals surface area contributed by atoms with Crippen LogP contribution in [0.5, 0.6) is 0 Å². The number of nitrogens with one attached hydrogen (secondary N) is 2. The number of H-pyrrole nitrogens is 1. The Morgan fingerprint density at radius 1 is 1.82 bits per heavy atom. The van der Waals surface area contributed by atoms with Gasteiger partial charge < -0.3 is 20.7 Å². The molecule has 4 N–H and O–H groups in total. The smallest absolute Gasteiger partial charge is 0.256 e. The first-order valence-corrected chi connectivity index (χ1v) is 5.54. The van der Waals surface area contributed by atoms with Crippen molar-refractivity contribution in [1.29, 1.82) is 0 Å². The molecule has 0 saturated carbocycles. The minimum Gasteiger partial charge on any atom is -0.383 e. The van der Waals surface area contributed by atoms with Crippen LogP contribution in [0.1, 0.15) is 10.4 Å². The van der Waals surface area contributed by atoms with Gasteiger partial charge in [-0.2, -0.15) is 5.10 Å². The largest absolute Gasteiger partial charge is 0.383 e. The fourth-order valence-electron chi connectivity index (χ4n) is 1.77. The van der Waals surface area contributed by atoms with Crippen molar-refractivity contribution in [1.82, 2.24) is 20.4 Å². The zero-order valence-electron chi connectivity index (χ0n) is 9.77. The second-order valence-electron chi connectivity index (χ2n) is 4.16. The third-order valence-electron chi connectivity index (χ3n) is 2.75. The van der Waals surface area contributed by atoms with Gasteiger partial charge in [0, 0.05) is 19.6 Å². The first kappa shape index (κ1) is 11.9. The van der Waals surface area contributed by atoms with Gasteiger partial charge in [-0.15, -0.1) is 0 Å². The molecule has 1 fully saturated rings. The summed E-state index contributed by atoms with van der Waals surface area (Å²) in [6, 6.07) is 0. The minimum absolute atomic E-state index is 0.0332. The molecular weight excluding hydrogens is 222 g/mol. The molecule has 1 aliphatic heterocycles. The van der Waals surface area contributed by atoms with E-state index in [0.717, 1.165) is 13.1 Å². The van der Waals surface area contributed by atoms with E-state index in [9.17, 15) is 4.79 Å². The Labute approximate surface area is 99.3 Å². The summed E-state index contributed by atoms with van der Waals surface area (Å²) in [7, 11) is 2.03. The van der Waals surface area contributed by atoms with Crippen LogP contribution in [0.15, 0.2) is 6.20 Å². The molecule has 1 aromatic rings. The van der Waals surface area contributed by atoms with E-state index in [2.05, 4.69) is 20.4 Å². The van der Waals surface area contributed by atoms with E-state index in [0.29, 0.717) is 18.7 Å². The molecule has 1 atom stereocenters. The van der Waals surface area contributed by atoms with Gasteiger partial charge in [-0.25, -0.2) is 0 Å². The molecule has 7 nitrogen and oxygen atoms in total. The molecule has 2 heterocycles. The summed E-state index contributed by atoms with van der Waals surface area (Å²) in [6.45, 7) is 2.93. The third kappa shape index (κ3) is 2.95. The number of hydrogen-bond acceptors (Lipinski definition) is 5. The minimum atomic E-state index is -0.229. The first-order valence-electron chi connectivity index (χ1n) is 5.54. The van der Waals surface area contributed by atoms with Crippen molar-refractivity contribution in [3.63, 3.8) is 0 Å². The molecule has 1 aliphatic rings. The number of amides is 1. The Bertz CT molecular complexity index is 392. The summed E-state index contributed by atoms with van der Waals surface area (Å²) in [4.78, 5) is 13.9. The number of nitrogens with two attached hydrogens (primary N) is 1. The fraction of sp³-hybridized carbons (Fsp3) is 0.600. The number of aromatic amines is 1. The van der Waals surface area contributed by atoms with Crippen LogP contribution in [0.4, 0.5) is 5.82 Å². The van der Waals surface area contributed by atoms with Crippen molar-refractivity contribution in [2.45, 2.75) is 6.10 Å². The fourth-order valence-corrected chi connectivity index (χ4v) is 1.77. The van der Waals surface area contributed by atoms with Gasteiger partial charge in [0.25, 0.3) is 5.91 Å². The molecule has 1 amide bonds. The summed E-state index contributed by atoms with van der Waals surface area (Å²) in [6.07, 6.45) is 1.45. The average molecular weight is 239 g/mol. The second kappa shape index (κ2) is 5.15. The van der Waals surface area contributed by atoms with E-state index in [1.54, 1.807) is 0 Å². The van der Waals surface area contributed by atoms with Gasteiger partial charge in [-0.05, 0) is 7.05 Å². The number of rotatable bonds is 3. The number of hydrogen-bond donors (Lipinski definition) is 3. The van der Waals surface area contributed by atoms with Crippen molar-refractivity contribution in [3.05, 3.63) is 11.8 Å². The van der Waals surface area contributed by atoms with E-state index in [1.165, 1.54) is 6.20 Å². The van der Waals surface area contributed by atoms with Crippen molar-refractivity contribution >= 4 is 11.7 Å². The van der Waals surface area contributed by atoms with Crippen molar-refractivity contribution < 1.29 is 9.53 Å². The van der Waals surface area contributed by atoms with E-state index < -0.39 is 0 Å². The second-order valence-corrected chi connectivity index (χ2v) is 4.16. The number of morpholine rings is 1. The zero-order valence-corrected chi connectivity index (χ0v) is 9.77. The zero-order chi connectivity index (χ0) is 12.3. The van der Waals surface area contributed by atoms with E-state index in [-0.39, 0.29) is 17.8 Å². The van der Waals surface area contributed by atoms with Crippen molar-refractivity contribution in [3.8, 4) is 0 Å². The molecule has 0 aromatic carbocycles. The van der Waals surface area contributed by atoms with Gasteiger partial charge >= 0.3 is 0 Å². The summed E-state index contributed by atoms with van der Waals surface area (Å²) in [5, 5.41) is 9.01. The Hall–Kier alpha value is -1.60. The standard InChI is InChI=1S/C10H17N5O2/c1-15-2-3-17-7(6-15)4-12-10(16)8-5-13-14-9(8)11/h5,7H,2-4,6H2,1H3,(H,12,16)(H3,11,13,14). The Balaban J connectivity index is 1.82. The van der Waals surface area contributed by atoms with Gasteiger partial charge in [-0.3, -0.25) is 9.89 Å². The molecule has 0 aliphatic carbocycles. The first-order chi connectivity index (χ1) is 8.16. The predicted molar refractivity (Wildman–Crippen MR) is 62.6 cm³/mol. The number of ether oxygens (including phenoxy) is 1. The van der Waals surface area contributed by atoms with E-state index in [4.69, 9.17) is 10.5 Å². The number of anilines is 1. The van der Waals surface area contributed by atoms with Crippen LogP contribution >= 0.6 is 0 Å². The molecule has 1 aromatic heterocycles. The highest BCUT2D eigenvalue weighted by Crippen LogP contribution is 2.06. The molecule has 1 saturated heterocycles. The van der Waals surface area contributed by atoms with Crippen LogP contribution in [0.25, 0.3) is 0 Å². The van der Waals surface area contributed by atoms with Crippen LogP contribution in [0.2, 0.25) is 0 Å². The van der Waals surface area contributed by atoms with Crippen LogP contribution in [-0.2, 0) is 4.74 Å². The third-order valence-corrected chi connectivity index (χ3v) is 2.75. The van der Waals surface area contributed by atoms with Gasteiger partial charge in [0.15, 0.2) is 0 Å². The van der Waals surface area contributed by atoms with Gasteiger partial charge in [0.05, 0.1) is 18.9 Å². The van der Waals surface area contributed by atoms with Gasteiger partial charge in [-0.1, -0.05) is 0 Å². The lowest BCUT2D eigenvalue weighted by molar-refractivity contribution is -0.0174. The quantitative estimate of drug-likeness (QED) is 0.632. The highest BCUT2D eigenvalue weighted by atomic mass is 16.5. The molecule has 1 unspecified atom stereocenters. The lowest BCUT2D eigenvalue weighted by atomic mass is 10.2. The van der Waals surface area contributed by atoms with Crippen LogP contribution in [-0.4, -0.2) is 60.4 Å². The summed E-state index contributed by atoms with van der Waals surface area (Å²) < 4.78 is 5.54. The topological polar surface area (TPSA) is 96.3 Å². The maximum absolute atomic E-state index is 11.7. The number of carbonyl (C=O) groups is 1. The monoisotopic (exact) mass is 239 g/mol. The van der Waals surface area contributed by atoms with E-state index in [1.807, 2.05) is 7.05 Å². The number of aromatic nitrogens is 2. The molecule has 17 heavy (non-hydrogen) atoms. The highest BCUT2D eigenvalue weighted by Gasteiger charge is 2.19. The Morgan fingerprint density at radius 2 is 2.65 bits per heavy atom. The van der Waals surface area contributed by atoms with Crippen molar-refractivity contribution in [2.24, 2.45) is 0 Å².